The van der Waals surface area contributed by atoms with Gasteiger partial charge in [-0.15, -0.1) is 0 Å². The highest BCUT2D eigenvalue weighted by atomic mass is 79.9. The molecule has 2 aromatic heterocycles. The van der Waals surface area contributed by atoms with Gasteiger partial charge in [0.2, 0.25) is 5.76 Å². The molecule has 0 saturated carbocycles. The first-order valence-electron chi connectivity index (χ1n) is 5.29. The molecule has 2 aromatic rings. The number of carboxylic acids is 1. The number of halogens is 1. The van der Waals surface area contributed by atoms with Crippen molar-refractivity contribution in [2.24, 2.45) is 7.05 Å². The first-order chi connectivity index (χ1) is 8.90. The molecule has 0 spiro atoms. The second-order valence-electron chi connectivity index (χ2n) is 3.88. The summed E-state index contributed by atoms with van der Waals surface area (Å²) in [6.07, 6.45) is 0. The van der Waals surface area contributed by atoms with Gasteiger partial charge in [0.25, 0.3) is 0 Å². The average Bonchev–Trinajstić information content (AvgIpc) is 2.91. The van der Waals surface area contributed by atoms with Crippen molar-refractivity contribution >= 4 is 32.7 Å². The van der Waals surface area contributed by atoms with Gasteiger partial charge >= 0.3 is 5.97 Å². The zero-order valence-corrected chi connectivity index (χ0v) is 12.6. The summed E-state index contributed by atoms with van der Waals surface area (Å²) in [7, 11) is 0.301. The van der Waals surface area contributed by atoms with E-state index in [4.69, 9.17) is 9.52 Å². The topological polar surface area (TPSA) is 85.3 Å². The molecule has 0 aliphatic rings. The van der Waals surface area contributed by atoms with E-state index in [2.05, 4.69) is 21.0 Å². The van der Waals surface area contributed by atoms with E-state index in [9.17, 15) is 9.00 Å². The fraction of sp³-hybridized carbons (Fsp3) is 0.273. The Hall–Kier alpha value is -1.41. The Kier molecular flexibility index (Phi) is 3.91. The summed E-state index contributed by atoms with van der Waals surface area (Å²) < 4.78 is 19.6. The van der Waals surface area contributed by atoms with Gasteiger partial charge in [-0.05, 0) is 35.0 Å². The number of furan rings is 1. The number of aryl methyl sites for hydroxylation is 2. The van der Waals surface area contributed by atoms with Gasteiger partial charge in [-0.2, -0.15) is 5.10 Å². The third-order valence-electron chi connectivity index (χ3n) is 2.55. The number of hydrogen-bond acceptors (Lipinski definition) is 4. The van der Waals surface area contributed by atoms with Crippen LogP contribution >= 0.6 is 15.9 Å². The van der Waals surface area contributed by atoms with Gasteiger partial charge < -0.3 is 9.52 Å². The molecule has 1 atom stereocenters. The maximum Gasteiger partial charge on any atom is 0.371 e. The molecule has 2 heterocycles. The van der Waals surface area contributed by atoms with Gasteiger partial charge in [0.1, 0.15) is 0 Å². The standard InChI is InChI=1S/C11H11BrN2O4S/c1-6-10(12)7(14(2)13-6)5-19(17)9-4-3-8(18-9)11(15)16/h3-4H,5H2,1-2H3,(H,15,16). The maximum absolute atomic E-state index is 12.1. The van der Waals surface area contributed by atoms with E-state index in [1.165, 1.54) is 12.1 Å². The van der Waals surface area contributed by atoms with E-state index in [-0.39, 0.29) is 16.6 Å². The first kappa shape index (κ1) is 14.0. The van der Waals surface area contributed by atoms with Crippen LogP contribution in [0.25, 0.3) is 0 Å². The summed E-state index contributed by atoms with van der Waals surface area (Å²) in [4.78, 5) is 10.7. The Morgan fingerprint density at radius 1 is 1.58 bits per heavy atom. The van der Waals surface area contributed by atoms with Crippen LogP contribution in [0.15, 0.2) is 26.1 Å². The molecule has 0 aliphatic heterocycles. The van der Waals surface area contributed by atoms with Crippen molar-refractivity contribution in [2.45, 2.75) is 17.8 Å². The molecule has 1 N–H and O–H groups in total. The van der Waals surface area contributed by atoms with Crippen LogP contribution in [0.5, 0.6) is 0 Å². The molecular weight excluding hydrogens is 336 g/mol. The molecule has 0 fully saturated rings. The van der Waals surface area contributed by atoms with Crippen LogP contribution in [0.3, 0.4) is 0 Å². The van der Waals surface area contributed by atoms with Crippen LogP contribution in [-0.2, 0) is 23.6 Å². The summed E-state index contributed by atoms with van der Waals surface area (Å²) in [5, 5.41) is 13.1. The summed E-state index contributed by atoms with van der Waals surface area (Å²) >= 11 is 3.39. The molecule has 2 rings (SSSR count). The highest BCUT2D eigenvalue weighted by Gasteiger charge is 2.18. The van der Waals surface area contributed by atoms with Gasteiger partial charge in [-0.25, -0.2) is 4.79 Å². The summed E-state index contributed by atoms with van der Waals surface area (Å²) in [5.74, 6) is -1.20. The molecule has 0 aromatic carbocycles. The minimum absolute atomic E-state index is 0.142. The fourth-order valence-electron chi connectivity index (χ4n) is 1.59. The Bertz CT molecular complexity index is 662. The lowest BCUT2D eigenvalue weighted by atomic mass is 10.4. The number of nitrogens with zero attached hydrogens (tertiary/aromatic N) is 2. The lowest BCUT2D eigenvalue weighted by molar-refractivity contribution is 0.0656. The van der Waals surface area contributed by atoms with E-state index >= 15 is 0 Å². The van der Waals surface area contributed by atoms with Crippen LogP contribution in [0.1, 0.15) is 21.9 Å². The van der Waals surface area contributed by atoms with Crippen molar-refractivity contribution < 1.29 is 18.5 Å². The molecule has 0 saturated heterocycles. The molecule has 1 unspecified atom stereocenters. The lowest BCUT2D eigenvalue weighted by Crippen LogP contribution is -2.03. The van der Waals surface area contributed by atoms with Crippen molar-refractivity contribution in [3.05, 3.63) is 33.8 Å². The number of aromatic nitrogens is 2. The van der Waals surface area contributed by atoms with Crippen molar-refractivity contribution in [3.63, 3.8) is 0 Å². The Morgan fingerprint density at radius 3 is 2.74 bits per heavy atom. The quantitative estimate of drug-likeness (QED) is 0.915. The van der Waals surface area contributed by atoms with Crippen molar-refractivity contribution in [1.82, 2.24) is 9.78 Å². The van der Waals surface area contributed by atoms with Crippen LogP contribution in [0.4, 0.5) is 0 Å². The molecule has 0 bridgehead atoms. The molecule has 19 heavy (non-hydrogen) atoms. The van der Waals surface area contributed by atoms with Crippen molar-refractivity contribution in [3.8, 4) is 0 Å². The largest absolute Gasteiger partial charge is 0.475 e. The smallest absolute Gasteiger partial charge is 0.371 e. The van der Waals surface area contributed by atoms with Crippen LogP contribution in [0.2, 0.25) is 0 Å². The van der Waals surface area contributed by atoms with E-state index in [1.807, 2.05) is 6.92 Å². The second-order valence-corrected chi connectivity index (χ2v) is 6.06. The predicted molar refractivity (Wildman–Crippen MR) is 71.4 cm³/mol. The first-order valence-corrected chi connectivity index (χ1v) is 7.41. The van der Waals surface area contributed by atoms with E-state index in [0.717, 1.165) is 15.9 Å². The number of carbonyl (C=O) groups is 1. The third kappa shape index (κ3) is 2.79. The predicted octanol–water partition coefficient (Wildman–Crippen LogP) is 2.09. The molecule has 0 aliphatic carbocycles. The Labute approximate surface area is 120 Å². The molecule has 0 amide bonds. The van der Waals surface area contributed by atoms with E-state index in [1.54, 1.807) is 11.7 Å². The zero-order chi connectivity index (χ0) is 14.2. The lowest BCUT2D eigenvalue weighted by Gasteiger charge is -2.01. The van der Waals surface area contributed by atoms with Crippen LogP contribution in [-0.4, -0.2) is 25.1 Å². The molecule has 102 valence electrons. The summed E-state index contributed by atoms with van der Waals surface area (Å²) in [6.45, 7) is 1.84. The molecular formula is C11H11BrN2O4S. The van der Waals surface area contributed by atoms with Gasteiger partial charge in [-0.3, -0.25) is 8.89 Å². The average molecular weight is 347 g/mol. The fourth-order valence-corrected chi connectivity index (χ4v) is 3.38. The number of carboxylic acid groups (broad SMARTS) is 1. The second kappa shape index (κ2) is 5.30. The van der Waals surface area contributed by atoms with Crippen molar-refractivity contribution in [1.29, 1.82) is 0 Å². The maximum atomic E-state index is 12.1. The minimum Gasteiger partial charge on any atom is -0.475 e. The van der Waals surface area contributed by atoms with Crippen molar-refractivity contribution in [2.75, 3.05) is 0 Å². The molecule has 0 radical (unpaired) electrons. The highest BCUT2D eigenvalue weighted by molar-refractivity contribution is 9.10. The Morgan fingerprint density at radius 2 is 2.26 bits per heavy atom. The number of aromatic carboxylic acids is 1. The van der Waals surface area contributed by atoms with Gasteiger partial charge in [0.15, 0.2) is 5.09 Å². The molecule has 8 heteroatoms. The van der Waals surface area contributed by atoms with Gasteiger partial charge in [0.05, 0.1) is 32.4 Å². The monoisotopic (exact) mass is 346 g/mol. The van der Waals surface area contributed by atoms with Crippen LogP contribution < -0.4 is 0 Å². The third-order valence-corrected chi connectivity index (χ3v) is 4.78. The summed E-state index contributed by atoms with van der Waals surface area (Å²) in [5.41, 5.74) is 1.57. The number of hydrogen-bond donors (Lipinski definition) is 1. The SMILES string of the molecule is Cc1nn(C)c(CS(=O)c2ccc(C(=O)O)o2)c1Br. The highest BCUT2D eigenvalue weighted by Crippen LogP contribution is 2.24. The van der Waals surface area contributed by atoms with Gasteiger partial charge in [-0.1, -0.05) is 0 Å². The van der Waals surface area contributed by atoms with E-state index in [0.29, 0.717) is 0 Å². The molecule has 6 nitrogen and oxygen atoms in total. The van der Waals surface area contributed by atoms with E-state index < -0.39 is 16.8 Å². The Balaban J connectivity index is 2.23. The van der Waals surface area contributed by atoms with Gasteiger partial charge in [0, 0.05) is 7.05 Å². The summed E-state index contributed by atoms with van der Waals surface area (Å²) in [6, 6.07) is 2.70. The minimum atomic E-state index is -1.46. The number of rotatable bonds is 4. The zero-order valence-electron chi connectivity index (χ0n) is 10.2. The normalized spacial score (nSPS) is 12.6. The van der Waals surface area contributed by atoms with Crippen LogP contribution in [0, 0.1) is 6.92 Å².